The third kappa shape index (κ3) is 6.99. The molecular weight excluding hydrogens is 614 g/mol. The van der Waals surface area contributed by atoms with Crippen LogP contribution in [0.25, 0.3) is 11.8 Å². The van der Waals surface area contributed by atoms with Gasteiger partial charge in [0.05, 0.1) is 41.7 Å². The molecule has 1 fully saturated rings. The Kier molecular flexibility index (Phi) is 9.79. The number of carbonyl (C=O) groups is 2. The number of benzene rings is 3. The molecular formula is C37H37N3O6S. The summed E-state index contributed by atoms with van der Waals surface area (Å²) in [5.74, 6) is 0.295. The Morgan fingerprint density at radius 2 is 1.70 bits per heavy atom. The number of nitrogens with zero attached hydrogens (tertiary/aromatic N) is 3. The van der Waals surface area contributed by atoms with Gasteiger partial charge in [0.2, 0.25) is 0 Å². The van der Waals surface area contributed by atoms with Crippen LogP contribution in [0.4, 0.5) is 0 Å². The molecule has 242 valence electrons. The lowest BCUT2D eigenvalue weighted by Crippen LogP contribution is -2.42. The number of rotatable bonds is 9. The van der Waals surface area contributed by atoms with Gasteiger partial charge in [0.25, 0.3) is 11.5 Å². The van der Waals surface area contributed by atoms with Gasteiger partial charge < -0.3 is 19.1 Å². The molecule has 1 amide bonds. The van der Waals surface area contributed by atoms with Crippen molar-refractivity contribution < 1.29 is 23.8 Å². The summed E-state index contributed by atoms with van der Waals surface area (Å²) >= 11 is 1.27. The van der Waals surface area contributed by atoms with E-state index in [4.69, 9.17) is 19.2 Å². The molecule has 0 saturated carbocycles. The average molecular weight is 652 g/mol. The van der Waals surface area contributed by atoms with E-state index in [1.54, 1.807) is 28.5 Å². The molecule has 0 aliphatic carbocycles. The van der Waals surface area contributed by atoms with Gasteiger partial charge in [0.1, 0.15) is 5.75 Å². The van der Waals surface area contributed by atoms with Crippen LogP contribution in [0.15, 0.2) is 94.2 Å². The standard InChI is InChI=1S/C37H37N3O6S/c1-4-45-36(43)32-33(27-8-6-5-7-9-27)38-37-40(34(32)28-14-12-26(13-15-28)24(2)3)35(42)30(47-37)22-25-10-16-29(17-11-25)46-23-31(41)39-18-20-44-21-19-39/h5-17,22,24,34H,4,18-21,23H2,1-3H3/b30-22+/t34-/m1/s1. The van der Waals surface area contributed by atoms with Gasteiger partial charge >= 0.3 is 5.97 Å². The number of carbonyl (C=O) groups excluding carboxylic acids is 2. The lowest BCUT2D eigenvalue weighted by molar-refractivity contribution is -0.139. The predicted octanol–water partition coefficient (Wildman–Crippen LogP) is 4.30. The smallest absolute Gasteiger partial charge is 0.338 e. The van der Waals surface area contributed by atoms with Crippen molar-refractivity contribution in [3.8, 4) is 5.75 Å². The molecule has 47 heavy (non-hydrogen) atoms. The zero-order valence-electron chi connectivity index (χ0n) is 26.7. The minimum Gasteiger partial charge on any atom is -0.484 e. The molecule has 2 aliphatic heterocycles. The van der Waals surface area contributed by atoms with Crippen LogP contribution in [0, 0.1) is 0 Å². The number of thiazole rings is 1. The highest BCUT2D eigenvalue weighted by molar-refractivity contribution is 7.07. The summed E-state index contributed by atoms with van der Waals surface area (Å²) in [6.07, 6.45) is 1.81. The number of hydrogen-bond acceptors (Lipinski definition) is 8. The summed E-state index contributed by atoms with van der Waals surface area (Å²) in [5, 5.41) is 0. The molecule has 1 aromatic heterocycles. The Labute approximate surface area is 277 Å². The number of amides is 1. The Hall–Kier alpha value is -4.80. The number of aromatic nitrogens is 1. The van der Waals surface area contributed by atoms with Gasteiger partial charge in [-0.1, -0.05) is 91.9 Å². The van der Waals surface area contributed by atoms with Crippen molar-refractivity contribution in [3.63, 3.8) is 0 Å². The first-order valence-corrected chi connectivity index (χ1v) is 16.6. The second-order valence-corrected chi connectivity index (χ2v) is 12.6. The quantitative estimate of drug-likeness (QED) is 0.251. The molecule has 0 radical (unpaired) electrons. The minimum absolute atomic E-state index is 0.0529. The number of fused-ring (bicyclic) bond motifs is 1. The molecule has 0 N–H and O–H groups in total. The van der Waals surface area contributed by atoms with E-state index in [1.165, 1.54) is 11.3 Å². The second-order valence-electron chi connectivity index (χ2n) is 11.6. The van der Waals surface area contributed by atoms with Crippen LogP contribution in [0.2, 0.25) is 0 Å². The van der Waals surface area contributed by atoms with Crippen molar-refractivity contribution in [1.29, 1.82) is 0 Å². The third-order valence-corrected chi connectivity index (χ3v) is 9.18. The first-order chi connectivity index (χ1) is 22.8. The van der Waals surface area contributed by atoms with Gasteiger partial charge in [-0.05, 0) is 47.7 Å². The topological polar surface area (TPSA) is 99.4 Å². The summed E-state index contributed by atoms with van der Waals surface area (Å²) in [5.41, 5.74) is 4.06. The fourth-order valence-corrected chi connectivity index (χ4v) is 6.68. The predicted molar refractivity (Wildman–Crippen MR) is 181 cm³/mol. The highest BCUT2D eigenvalue weighted by Crippen LogP contribution is 2.35. The van der Waals surface area contributed by atoms with Crippen LogP contribution in [-0.2, 0) is 19.1 Å². The Bertz CT molecular complexity index is 1960. The SMILES string of the molecule is CCOC(=O)C1=C(c2ccccc2)N=c2s/c(=C/c3ccc(OCC(=O)N4CCOCC4)cc3)c(=O)n2[C@@H]1c1ccc(C(C)C)cc1. The van der Waals surface area contributed by atoms with Crippen molar-refractivity contribution in [3.05, 3.63) is 126 Å². The van der Waals surface area contributed by atoms with Gasteiger partial charge in [-0.3, -0.25) is 14.2 Å². The van der Waals surface area contributed by atoms with Crippen LogP contribution < -0.4 is 19.6 Å². The average Bonchev–Trinajstić information content (AvgIpc) is 3.41. The lowest BCUT2D eigenvalue weighted by atomic mass is 9.91. The monoisotopic (exact) mass is 651 g/mol. The largest absolute Gasteiger partial charge is 0.484 e. The highest BCUT2D eigenvalue weighted by Gasteiger charge is 2.35. The number of morpholine rings is 1. The number of hydrogen-bond donors (Lipinski definition) is 0. The summed E-state index contributed by atoms with van der Waals surface area (Å²) in [4.78, 5) is 47.5. The first-order valence-electron chi connectivity index (χ1n) is 15.8. The fourth-order valence-electron chi connectivity index (χ4n) is 5.68. The van der Waals surface area contributed by atoms with E-state index in [0.717, 1.165) is 22.3 Å². The Morgan fingerprint density at radius 3 is 2.36 bits per heavy atom. The normalized spacial score (nSPS) is 16.6. The third-order valence-electron chi connectivity index (χ3n) is 8.20. The van der Waals surface area contributed by atoms with Gasteiger partial charge in [-0.15, -0.1) is 0 Å². The van der Waals surface area contributed by atoms with Gasteiger partial charge in [0, 0.05) is 18.7 Å². The summed E-state index contributed by atoms with van der Waals surface area (Å²) in [6.45, 7) is 8.35. The number of ether oxygens (including phenoxy) is 3. The van der Waals surface area contributed by atoms with Gasteiger partial charge in [0.15, 0.2) is 11.4 Å². The summed E-state index contributed by atoms with van der Waals surface area (Å²) < 4.78 is 18.7. The van der Waals surface area contributed by atoms with Gasteiger partial charge in [-0.2, -0.15) is 0 Å². The molecule has 9 nitrogen and oxygen atoms in total. The lowest BCUT2D eigenvalue weighted by Gasteiger charge is -2.26. The first kappa shape index (κ1) is 32.2. The van der Waals surface area contributed by atoms with Crippen LogP contribution in [0.5, 0.6) is 5.75 Å². The molecule has 1 saturated heterocycles. The zero-order valence-corrected chi connectivity index (χ0v) is 27.5. The Balaban J connectivity index is 1.39. The molecule has 0 unspecified atom stereocenters. The molecule has 3 heterocycles. The zero-order chi connectivity index (χ0) is 32.9. The Morgan fingerprint density at radius 1 is 1.00 bits per heavy atom. The van der Waals surface area contributed by atoms with Crippen LogP contribution >= 0.6 is 11.3 Å². The molecule has 0 spiro atoms. The maximum Gasteiger partial charge on any atom is 0.338 e. The molecule has 0 bridgehead atoms. The molecule has 10 heteroatoms. The summed E-state index contributed by atoms with van der Waals surface area (Å²) in [6, 6.07) is 24.1. The van der Waals surface area contributed by atoms with E-state index < -0.39 is 12.0 Å². The van der Waals surface area contributed by atoms with E-state index in [-0.39, 0.29) is 24.7 Å². The van der Waals surface area contributed by atoms with Crippen molar-refractivity contribution >= 4 is 35.0 Å². The van der Waals surface area contributed by atoms with Crippen molar-refractivity contribution in [2.75, 3.05) is 39.5 Å². The molecule has 4 aromatic rings. The maximum atomic E-state index is 14.2. The van der Waals surface area contributed by atoms with E-state index in [1.807, 2.05) is 72.8 Å². The van der Waals surface area contributed by atoms with Crippen LogP contribution in [0.1, 0.15) is 55.0 Å². The molecule has 2 aliphatic rings. The van der Waals surface area contributed by atoms with Crippen LogP contribution in [0.3, 0.4) is 0 Å². The van der Waals surface area contributed by atoms with Crippen molar-refractivity contribution in [2.24, 2.45) is 4.99 Å². The molecule has 1 atom stereocenters. The molecule has 3 aromatic carbocycles. The number of esters is 1. The fraction of sp³-hybridized carbons (Fsp3) is 0.297. The molecule has 6 rings (SSSR count). The maximum absolute atomic E-state index is 14.2. The van der Waals surface area contributed by atoms with Crippen LogP contribution in [-0.4, -0.2) is 60.9 Å². The van der Waals surface area contributed by atoms with Crippen molar-refractivity contribution in [1.82, 2.24) is 9.47 Å². The minimum atomic E-state index is -0.733. The van der Waals surface area contributed by atoms with E-state index in [2.05, 4.69) is 13.8 Å². The van der Waals surface area contributed by atoms with E-state index >= 15 is 0 Å². The second kappa shape index (κ2) is 14.3. The van der Waals surface area contributed by atoms with E-state index in [0.29, 0.717) is 58.6 Å². The summed E-state index contributed by atoms with van der Waals surface area (Å²) in [7, 11) is 0. The van der Waals surface area contributed by atoms with E-state index in [9.17, 15) is 14.4 Å². The highest BCUT2D eigenvalue weighted by atomic mass is 32.1. The van der Waals surface area contributed by atoms with Gasteiger partial charge in [-0.25, -0.2) is 9.79 Å². The van der Waals surface area contributed by atoms with Crippen molar-refractivity contribution in [2.45, 2.75) is 32.7 Å².